The Morgan fingerprint density at radius 3 is 2.32 bits per heavy atom. The number of hydrogen-bond acceptors (Lipinski definition) is 5. The van der Waals surface area contributed by atoms with Crippen molar-refractivity contribution in [2.45, 2.75) is 88.4 Å². The van der Waals surface area contributed by atoms with Gasteiger partial charge in [-0.25, -0.2) is 14.2 Å². The third kappa shape index (κ3) is 5.47. The second-order valence-corrected chi connectivity index (χ2v) is 12.6. The molecule has 9 heteroatoms. The highest BCUT2D eigenvalue weighted by Crippen LogP contribution is 2.55. The molecule has 7 rings (SSSR count). The molecule has 5 aliphatic carbocycles. The Morgan fingerprint density at radius 2 is 1.65 bits per heavy atom. The Hall–Kier alpha value is -2.68. The van der Waals surface area contributed by atoms with Crippen LogP contribution in [-0.4, -0.2) is 34.5 Å². The Labute approximate surface area is 221 Å². The van der Waals surface area contributed by atoms with Crippen molar-refractivity contribution in [3.05, 3.63) is 46.2 Å². The minimum Gasteiger partial charge on any atom is -0.483 e. The van der Waals surface area contributed by atoms with Crippen molar-refractivity contribution >= 4 is 23.3 Å². The second kappa shape index (κ2) is 10.2. The molecular formula is C28H35FN4O3S. The van der Waals surface area contributed by atoms with Crippen LogP contribution in [-0.2, 0) is 6.61 Å². The van der Waals surface area contributed by atoms with Gasteiger partial charge in [-0.15, -0.1) is 11.3 Å². The minimum atomic E-state index is -0.430. The fraction of sp³-hybridized carbons (Fsp3) is 0.607. The van der Waals surface area contributed by atoms with Gasteiger partial charge >= 0.3 is 6.03 Å². The number of rotatable bonds is 7. The molecule has 4 bridgehead atoms. The molecule has 198 valence electrons. The van der Waals surface area contributed by atoms with Crippen LogP contribution in [0.2, 0.25) is 0 Å². The van der Waals surface area contributed by atoms with Crippen LogP contribution >= 0.6 is 11.3 Å². The molecule has 0 spiro atoms. The van der Waals surface area contributed by atoms with Crippen LogP contribution in [0.1, 0.15) is 79.7 Å². The maximum Gasteiger partial charge on any atom is 0.315 e. The molecule has 0 aliphatic heterocycles. The van der Waals surface area contributed by atoms with Crippen LogP contribution in [0.4, 0.5) is 9.18 Å². The van der Waals surface area contributed by atoms with Crippen molar-refractivity contribution in [1.82, 2.24) is 20.9 Å². The molecule has 0 unspecified atom stereocenters. The molecule has 1 aromatic heterocycles. The molecule has 1 heterocycles. The predicted octanol–water partition coefficient (Wildman–Crippen LogP) is 5.17. The van der Waals surface area contributed by atoms with Crippen molar-refractivity contribution in [1.29, 1.82) is 0 Å². The number of aromatic nitrogens is 1. The maximum absolute atomic E-state index is 13.8. The van der Waals surface area contributed by atoms with E-state index in [1.807, 2.05) is 0 Å². The van der Waals surface area contributed by atoms with E-state index in [1.54, 1.807) is 23.6 Å². The Bertz CT molecular complexity index is 1120. The third-order valence-corrected chi connectivity index (χ3v) is 9.61. The summed E-state index contributed by atoms with van der Waals surface area (Å²) in [4.78, 5) is 30.5. The third-order valence-electron chi connectivity index (χ3n) is 8.79. The van der Waals surface area contributed by atoms with Gasteiger partial charge < -0.3 is 20.7 Å². The standard InChI is InChI=1S/C28H35FN4O3S/c29-20-5-1-4-8-24(20)36-15-25-30-23(16-37-25)26(34)31-21-6-2-3-7-22(21)32-27(35)33-28-12-17-9-18(13-28)11-19(10-17)14-28/h1,4-5,8,16-19,21-22H,2-3,6-7,9-15H2,(H,31,34)(H2,32,33,35)/t17?,18?,19?,21-,22-,28?/m0/s1. The van der Waals surface area contributed by atoms with E-state index in [1.165, 1.54) is 36.7 Å². The number of amides is 3. The van der Waals surface area contributed by atoms with Gasteiger partial charge in [0.15, 0.2) is 11.6 Å². The molecule has 3 amide bonds. The number of halogens is 1. The number of urea groups is 1. The molecular weight excluding hydrogens is 491 g/mol. The van der Waals surface area contributed by atoms with Crippen LogP contribution < -0.4 is 20.7 Å². The Morgan fingerprint density at radius 1 is 1.00 bits per heavy atom. The summed E-state index contributed by atoms with van der Waals surface area (Å²) in [7, 11) is 0. The zero-order valence-electron chi connectivity index (χ0n) is 21.0. The van der Waals surface area contributed by atoms with Gasteiger partial charge in [0.1, 0.15) is 17.3 Å². The van der Waals surface area contributed by atoms with E-state index in [4.69, 9.17) is 4.74 Å². The van der Waals surface area contributed by atoms with Gasteiger partial charge in [0, 0.05) is 17.0 Å². The molecule has 5 aliphatic rings. The highest BCUT2D eigenvalue weighted by molar-refractivity contribution is 7.09. The van der Waals surface area contributed by atoms with Crippen LogP contribution in [0.25, 0.3) is 0 Å². The molecule has 1 aromatic carbocycles. The normalized spacial score (nSPS) is 32.1. The Balaban J connectivity index is 1.03. The smallest absolute Gasteiger partial charge is 0.315 e. The first kappa shape index (κ1) is 24.6. The van der Waals surface area contributed by atoms with E-state index in [0.29, 0.717) is 10.7 Å². The first-order valence-electron chi connectivity index (χ1n) is 13.7. The predicted molar refractivity (Wildman–Crippen MR) is 139 cm³/mol. The van der Waals surface area contributed by atoms with Crippen LogP contribution in [0.3, 0.4) is 0 Å². The summed E-state index contributed by atoms with van der Waals surface area (Å²) >= 11 is 1.31. The van der Waals surface area contributed by atoms with Gasteiger partial charge in [-0.2, -0.15) is 0 Å². The fourth-order valence-electron chi connectivity index (χ4n) is 7.61. The zero-order chi connectivity index (χ0) is 25.4. The van der Waals surface area contributed by atoms with E-state index >= 15 is 0 Å². The molecule has 5 fully saturated rings. The number of para-hydroxylation sites is 1. The highest BCUT2D eigenvalue weighted by atomic mass is 32.1. The van der Waals surface area contributed by atoms with Gasteiger partial charge in [-0.05, 0) is 81.3 Å². The monoisotopic (exact) mass is 526 g/mol. The molecule has 2 aromatic rings. The first-order valence-corrected chi connectivity index (χ1v) is 14.5. The molecule has 2 atom stereocenters. The summed E-state index contributed by atoms with van der Waals surface area (Å²) in [6.45, 7) is 0.0942. The first-order chi connectivity index (χ1) is 17.9. The lowest BCUT2D eigenvalue weighted by Crippen LogP contribution is -2.63. The summed E-state index contributed by atoms with van der Waals surface area (Å²) in [6, 6.07) is 5.89. The number of hydrogen-bond donors (Lipinski definition) is 3. The minimum absolute atomic E-state index is 0.0338. The van der Waals surface area contributed by atoms with E-state index in [2.05, 4.69) is 20.9 Å². The van der Waals surface area contributed by atoms with E-state index in [0.717, 1.165) is 62.7 Å². The number of benzene rings is 1. The second-order valence-electron chi connectivity index (χ2n) is 11.6. The SMILES string of the molecule is O=C(N[C@H]1CCCC[C@@H]1NC(=O)c1csc(COc2ccccc2F)n1)NC12CC3CC(CC(C3)C1)C2. The Kier molecular flexibility index (Phi) is 6.82. The van der Waals surface area contributed by atoms with Crippen LogP contribution in [0, 0.1) is 23.6 Å². The summed E-state index contributed by atoms with van der Waals surface area (Å²) in [5.41, 5.74) is 0.285. The maximum atomic E-state index is 13.8. The summed E-state index contributed by atoms with van der Waals surface area (Å²) in [6.07, 6.45) is 11.1. The summed E-state index contributed by atoms with van der Waals surface area (Å²) in [5.74, 6) is 1.79. The van der Waals surface area contributed by atoms with Crippen molar-refractivity contribution in [2.24, 2.45) is 17.8 Å². The summed E-state index contributed by atoms with van der Waals surface area (Å²) in [5, 5.41) is 12.0. The molecule has 7 nitrogen and oxygen atoms in total. The quantitative estimate of drug-likeness (QED) is 0.464. The van der Waals surface area contributed by atoms with Gasteiger partial charge in [-0.1, -0.05) is 25.0 Å². The van der Waals surface area contributed by atoms with Crippen molar-refractivity contribution < 1.29 is 18.7 Å². The van der Waals surface area contributed by atoms with Crippen LogP contribution in [0.5, 0.6) is 5.75 Å². The molecule has 5 saturated carbocycles. The average Bonchev–Trinajstić information content (AvgIpc) is 3.33. The van der Waals surface area contributed by atoms with E-state index < -0.39 is 5.82 Å². The highest BCUT2D eigenvalue weighted by Gasteiger charge is 2.51. The van der Waals surface area contributed by atoms with Gasteiger partial charge in [-0.3, -0.25) is 4.79 Å². The number of carbonyl (C=O) groups is 2. The number of nitrogens with zero attached hydrogens (tertiary/aromatic N) is 1. The number of nitrogens with one attached hydrogen (secondary N) is 3. The van der Waals surface area contributed by atoms with Gasteiger partial charge in [0.25, 0.3) is 5.91 Å². The largest absolute Gasteiger partial charge is 0.483 e. The lowest BCUT2D eigenvalue weighted by molar-refractivity contribution is -0.0138. The van der Waals surface area contributed by atoms with Gasteiger partial charge in [0.2, 0.25) is 0 Å². The van der Waals surface area contributed by atoms with Crippen molar-refractivity contribution in [3.63, 3.8) is 0 Å². The number of thiazole rings is 1. The molecule has 37 heavy (non-hydrogen) atoms. The summed E-state index contributed by atoms with van der Waals surface area (Å²) < 4.78 is 19.3. The lowest BCUT2D eigenvalue weighted by atomic mass is 9.53. The number of carbonyl (C=O) groups excluding carboxylic acids is 2. The zero-order valence-corrected chi connectivity index (χ0v) is 21.8. The van der Waals surface area contributed by atoms with Crippen molar-refractivity contribution in [2.75, 3.05) is 0 Å². The van der Waals surface area contributed by atoms with E-state index in [-0.39, 0.29) is 41.9 Å². The molecule has 3 N–H and O–H groups in total. The van der Waals surface area contributed by atoms with Gasteiger partial charge in [0.05, 0.1) is 6.04 Å². The van der Waals surface area contributed by atoms with E-state index in [9.17, 15) is 14.0 Å². The average molecular weight is 527 g/mol. The molecule has 0 saturated heterocycles. The lowest BCUT2D eigenvalue weighted by Gasteiger charge is -2.56. The number of ether oxygens (including phenoxy) is 1. The van der Waals surface area contributed by atoms with Crippen LogP contribution in [0.15, 0.2) is 29.6 Å². The van der Waals surface area contributed by atoms with Crippen molar-refractivity contribution in [3.8, 4) is 5.75 Å². The fourth-order valence-corrected chi connectivity index (χ4v) is 8.30. The molecule has 0 radical (unpaired) electrons. The topological polar surface area (TPSA) is 92.4 Å².